The van der Waals surface area contributed by atoms with Gasteiger partial charge in [0.1, 0.15) is 24.5 Å². The molecular formula is C29H40Cl2N2O4. The summed E-state index contributed by atoms with van der Waals surface area (Å²) < 4.78 is 16.5. The fourth-order valence-corrected chi connectivity index (χ4v) is 4.03. The molecule has 0 amide bonds. The Balaban J connectivity index is 0.00000342. The molecule has 2 unspecified atom stereocenters. The van der Waals surface area contributed by atoms with Gasteiger partial charge in [0.2, 0.25) is 0 Å². The molecule has 8 heteroatoms. The molecular weight excluding hydrogens is 511 g/mol. The van der Waals surface area contributed by atoms with E-state index in [1.54, 1.807) is 14.2 Å². The quantitative estimate of drug-likeness (QED) is 0.171. The average Bonchev–Trinajstić information content (AvgIpc) is 2.91. The third-order valence-electron chi connectivity index (χ3n) is 6.20. The van der Waals surface area contributed by atoms with E-state index in [-0.39, 0.29) is 30.9 Å². The zero-order chi connectivity index (χ0) is 24.9. The van der Waals surface area contributed by atoms with Crippen molar-refractivity contribution in [2.75, 3.05) is 33.9 Å². The Morgan fingerprint density at radius 3 is 2.16 bits per heavy atom. The number of nitrogens with two attached hydrogens (primary N) is 2. The Kier molecular flexibility index (Phi) is 15.7. The van der Waals surface area contributed by atoms with Gasteiger partial charge in [-0.15, -0.1) is 0 Å². The van der Waals surface area contributed by atoms with Crippen molar-refractivity contribution >= 4 is 0 Å². The van der Waals surface area contributed by atoms with Gasteiger partial charge in [0, 0.05) is 12.8 Å². The summed E-state index contributed by atoms with van der Waals surface area (Å²) in [5, 5.41) is 15.3. The zero-order valence-electron chi connectivity index (χ0n) is 21.9. The van der Waals surface area contributed by atoms with Crippen LogP contribution in [0.2, 0.25) is 0 Å². The summed E-state index contributed by atoms with van der Waals surface area (Å²) in [4.78, 5) is 0. The first-order valence-electron chi connectivity index (χ1n) is 12.4. The second-order valence-electron chi connectivity index (χ2n) is 8.83. The SMILES string of the molecule is COc1ccc(CC[NH2+]CCC[NH2+]C(C)C(O)c2ccc(OCc3ccccc3)cc2)cc1OC.[Cl-].[Cl-]. The largest absolute Gasteiger partial charge is 1.00 e. The molecule has 3 aromatic carbocycles. The van der Waals surface area contributed by atoms with Crippen LogP contribution in [0.5, 0.6) is 17.2 Å². The van der Waals surface area contributed by atoms with Crippen LogP contribution in [0.1, 0.15) is 36.1 Å². The fraction of sp³-hybridized carbons (Fsp3) is 0.379. The highest BCUT2D eigenvalue weighted by molar-refractivity contribution is 5.42. The van der Waals surface area contributed by atoms with Gasteiger partial charge in [-0.05, 0) is 47.9 Å². The molecule has 0 saturated carbocycles. The van der Waals surface area contributed by atoms with E-state index in [2.05, 4.69) is 23.6 Å². The molecule has 0 fully saturated rings. The summed E-state index contributed by atoms with van der Waals surface area (Å²) >= 11 is 0. The van der Waals surface area contributed by atoms with Crippen LogP contribution in [-0.2, 0) is 13.0 Å². The van der Waals surface area contributed by atoms with E-state index in [0.29, 0.717) is 6.61 Å². The van der Waals surface area contributed by atoms with Crippen LogP contribution in [0.25, 0.3) is 0 Å². The molecule has 204 valence electrons. The predicted octanol–water partition coefficient (Wildman–Crippen LogP) is -3.53. The Morgan fingerprint density at radius 1 is 0.784 bits per heavy atom. The standard InChI is InChI=1S/C29H38N2O4.2ClH/c1-22(29(32)25-11-13-26(14-12-25)35-21-24-8-5-4-6-9-24)31-18-7-17-30-19-16-23-10-15-27(33-2)28(20-23)34-3;;/h4-6,8-15,20,22,29-32H,7,16-19,21H2,1-3H3;2*1H. The molecule has 0 radical (unpaired) electrons. The second kappa shape index (κ2) is 17.9. The highest BCUT2D eigenvalue weighted by atomic mass is 35.5. The lowest BCUT2D eigenvalue weighted by molar-refractivity contribution is -0.705. The maximum atomic E-state index is 10.7. The highest BCUT2D eigenvalue weighted by Crippen LogP contribution is 2.27. The Hall–Kier alpha value is -2.48. The number of rotatable bonds is 15. The van der Waals surface area contributed by atoms with E-state index in [0.717, 1.165) is 60.9 Å². The van der Waals surface area contributed by atoms with Crippen LogP contribution in [0, 0.1) is 0 Å². The van der Waals surface area contributed by atoms with Crippen molar-refractivity contribution in [1.29, 1.82) is 0 Å². The minimum Gasteiger partial charge on any atom is -1.00 e. The molecule has 0 spiro atoms. The molecule has 5 N–H and O–H groups in total. The summed E-state index contributed by atoms with van der Waals surface area (Å²) in [6, 6.07) is 24.1. The maximum absolute atomic E-state index is 10.7. The van der Waals surface area contributed by atoms with Crippen LogP contribution in [0.3, 0.4) is 0 Å². The third-order valence-corrected chi connectivity index (χ3v) is 6.20. The Labute approximate surface area is 233 Å². The van der Waals surface area contributed by atoms with Crippen molar-refractivity contribution in [2.45, 2.75) is 38.5 Å². The number of methoxy groups -OCH3 is 2. The van der Waals surface area contributed by atoms with E-state index < -0.39 is 6.10 Å². The molecule has 0 aliphatic heterocycles. The van der Waals surface area contributed by atoms with Crippen LogP contribution < -0.4 is 49.7 Å². The smallest absolute Gasteiger partial charge is 0.160 e. The average molecular weight is 552 g/mol. The molecule has 3 rings (SSSR count). The summed E-state index contributed by atoms with van der Waals surface area (Å²) in [6.45, 7) is 5.71. The monoisotopic (exact) mass is 550 g/mol. The first-order valence-corrected chi connectivity index (χ1v) is 12.4. The summed E-state index contributed by atoms with van der Waals surface area (Å²) in [5.41, 5.74) is 3.30. The molecule has 0 aliphatic carbocycles. The van der Waals surface area contributed by atoms with Gasteiger partial charge < -0.3 is 54.8 Å². The van der Waals surface area contributed by atoms with Crippen molar-refractivity contribution in [3.8, 4) is 17.2 Å². The van der Waals surface area contributed by atoms with E-state index in [1.165, 1.54) is 5.56 Å². The van der Waals surface area contributed by atoms with Crippen LogP contribution >= 0.6 is 0 Å². The number of halogens is 2. The lowest BCUT2D eigenvalue weighted by atomic mass is 10.0. The van der Waals surface area contributed by atoms with Gasteiger partial charge in [-0.2, -0.15) is 0 Å². The number of benzene rings is 3. The number of hydrogen-bond donors (Lipinski definition) is 3. The van der Waals surface area contributed by atoms with Crippen LogP contribution in [-0.4, -0.2) is 45.0 Å². The van der Waals surface area contributed by atoms with Gasteiger partial charge in [0.05, 0.1) is 33.9 Å². The van der Waals surface area contributed by atoms with Crippen LogP contribution in [0.4, 0.5) is 0 Å². The number of ether oxygens (including phenoxy) is 3. The van der Waals surface area contributed by atoms with E-state index >= 15 is 0 Å². The lowest BCUT2D eigenvalue weighted by Gasteiger charge is -2.18. The van der Waals surface area contributed by atoms with Crippen molar-refractivity contribution in [3.63, 3.8) is 0 Å². The van der Waals surface area contributed by atoms with Gasteiger partial charge in [-0.3, -0.25) is 0 Å². The third kappa shape index (κ3) is 10.8. The van der Waals surface area contributed by atoms with Crippen molar-refractivity contribution < 1.29 is 54.8 Å². The molecule has 3 aromatic rings. The zero-order valence-corrected chi connectivity index (χ0v) is 23.4. The van der Waals surface area contributed by atoms with Crippen molar-refractivity contribution in [1.82, 2.24) is 0 Å². The highest BCUT2D eigenvalue weighted by Gasteiger charge is 2.19. The van der Waals surface area contributed by atoms with Gasteiger partial charge in [0.15, 0.2) is 11.5 Å². The fourth-order valence-electron chi connectivity index (χ4n) is 4.03. The molecule has 37 heavy (non-hydrogen) atoms. The summed E-state index contributed by atoms with van der Waals surface area (Å²) in [6.07, 6.45) is 1.58. The summed E-state index contributed by atoms with van der Waals surface area (Å²) in [5.74, 6) is 2.35. The second-order valence-corrected chi connectivity index (χ2v) is 8.83. The van der Waals surface area contributed by atoms with Crippen molar-refractivity contribution in [3.05, 3.63) is 89.5 Å². The molecule has 0 heterocycles. The van der Waals surface area contributed by atoms with E-state index in [1.807, 2.05) is 66.7 Å². The van der Waals surface area contributed by atoms with Crippen LogP contribution in [0.15, 0.2) is 72.8 Å². The minimum atomic E-state index is -0.507. The van der Waals surface area contributed by atoms with Gasteiger partial charge >= 0.3 is 0 Å². The number of aliphatic hydroxyl groups is 1. The Bertz CT molecular complexity index is 1010. The van der Waals surface area contributed by atoms with Gasteiger partial charge in [-0.25, -0.2) is 0 Å². The van der Waals surface area contributed by atoms with Gasteiger partial charge in [-0.1, -0.05) is 48.5 Å². The number of quaternary nitrogens is 2. The Morgan fingerprint density at radius 2 is 1.49 bits per heavy atom. The molecule has 0 bridgehead atoms. The van der Waals surface area contributed by atoms with Gasteiger partial charge in [0.25, 0.3) is 0 Å². The molecule has 0 aliphatic rings. The van der Waals surface area contributed by atoms with E-state index in [4.69, 9.17) is 14.2 Å². The number of hydrogen-bond acceptors (Lipinski definition) is 4. The number of aliphatic hydroxyl groups excluding tert-OH is 1. The maximum Gasteiger partial charge on any atom is 0.160 e. The normalized spacial score (nSPS) is 12.0. The first-order chi connectivity index (χ1) is 17.1. The van der Waals surface area contributed by atoms with E-state index in [9.17, 15) is 5.11 Å². The lowest BCUT2D eigenvalue weighted by Crippen LogP contribution is -3.00. The topological polar surface area (TPSA) is 81.1 Å². The predicted molar refractivity (Wildman–Crippen MR) is 138 cm³/mol. The first kappa shape index (κ1) is 32.5. The van der Waals surface area contributed by atoms with Crippen molar-refractivity contribution in [2.24, 2.45) is 0 Å². The molecule has 6 nitrogen and oxygen atoms in total. The summed E-state index contributed by atoms with van der Waals surface area (Å²) in [7, 11) is 3.32. The molecule has 0 saturated heterocycles. The molecule has 0 aromatic heterocycles. The minimum absolute atomic E-state index is 0. The molecule has 2 atom stereocenters.